The maximum atomic E-state index is 11.9. The average Bonchev–Trinajstić information content (AvgIpc) is 3.44. The van der Waals surface area contributed by atoms with Gasteiger partial charge in [-0.3, -0.25) is 19.2 Å². The van der Waals surface area contributed by atoms with Gasteiger partial charge in [0.25, 0.3) is 6.47 Å². The van der Waals surface area contributed by atoms with E-state index < -0.39 is 10.3 Å². The number of aliphatic hydroxyl groups is 1. The number of ether oxygens (including phenoxy) is 2. The molecule has 0 heterocycles. The van der Waals surface area contributed by atoms with Gasteiger partial charge < -0.3 is 19.7 Å². The monoisotopic (exact) mass is 1230 g/mol. The van der Waals surface area contributed by atoms with Crippen molar-refractivity contribution in [1.29, 1.82) is 0 Å². The van der Waals surface area contributed by atoms with Gasteiger partial charge in [-0.15, -0.1) is 0 Å². The molecule has 8 nitrogen and oxygen atoms in total. The number of rotatable bonds is 62. The highest BCUT2D eigenvalue weighted by molar-refractivity contribution is 6.63. The molecule has 2 N–H and O–H groups in total. The van der Waals surface area contributed by atoms with E-state index in [1.54, 1.807) is 0 Å². The third-order valence-corrected chi connectivity index (χ3v) is 14.8. The van der Waals surface area contributed by atoms with Crippen LogP contribution in [0.15, 0.2) is 24.3 Å². The van der Waals surface area contributed by atoms with Gasteiger partial charge >= 0.3 is 11.9 Å². The van der Waals surface area contributed by atoms with Gasteiger partial charge in [-0.1, -0.05) is 317 Å². The molecule has 81 heavy (non-hydrogen) atoms. The van der Waals surface area contributed by atoms with Crippen molar-refractivity contribution in [2.24, 2.45) is 0 Å². The lowest BCUT2D eigenvalue weighted by Crippen LogP contribution is -2.05. The molecule has 0 saturated heterocycles. The Kier molecular flexibility index (Phi) is 88.1. The molecule has 0 rings (SSSR count). The Morgan fingerprint density at radius 2 is 0.630 bits per heavy atom. The fourth-order valence-corrected chi connectivity index (χ4v) is 9.68. The third kappa shape index (κ3) is 101. The van der Waals surface area contributed by atoms with Crippen molar-refractivity contribution in [3.05, 3.63) is 24.3 Å². The molecule has 0 saturated carbocycles. The fraction of sp³-hybridized carbons (Fsp3) is 0.884. The minimum atomic E-state index is -0.750. The SMILES string of the molecule is CCCCCCCC/C=C\CCCCCCCC(=O)Cl.CCCCCCCC/C=C\CCCCCCCC(=O)OCCCCCCCCCCCCCCCOC=O.ClC(Cl)Cl.O=C(O)CCCCCCCCCCCCCCCO. The lowest BCUT2D eigenvalue weighted by molar-refractivity contribution is -0.144. The van der Waals surface area contributed by atoms with Crippen LogP contribution in [0.25, 0.3) is 0 Å². The Balaban J connectivity index is -0.000000578. The van der Waals surface area contributed by atoms with Crippen LogP contribution in [-0.2, 0) is 28.7 Å². The standard InChI is InChI=1S/C34H64O4.C18H33ClO.C16H32O3.CHCl3/c1-2-3-4-5-6-7-8-9-10-12-15-18-21-24-27-30-34(36)38-32-29-26-23-20-17-14-11-13-16-19-22-25-28-31-37-33-35;1-2-3-4-5-6-7-8-9-10-11-12-13-14-15-16-17-18(19)20;17-15-13-11-9-7-5-3-1-2-4-6-8-10-12-14-16(18)19;2-1(3)4/h9-10,33H,2-8,11-32H2,1H3;9-10H,2-8,11-17H2,1H3;17H,1-15H2,(H,18,19);1H/b2*10-9-;;. The molecule has 482 valence electrons. The number of aliphatic hydroxyl groups excluding tert-OH is 1. The van der Waals surface area contributed by atoms with Crippen molar-refractivity contribution in [3.8, 4) is 0 Å². The summed E-state index contributed by atoms with van der Waals surface area (Å²) < 4.78 is 9.36. The summed E-state index contributed by atoms with van der Waals surface area (Å²) in [5.74, 6) is -0.670. The van der Waals surface area contributed by atoms with Gasteiger partial charge in [0.2, 0.25) is 5.24 Å². The zero-order valence-electron chi connectivity index (χ0n) is 52.8. The molecule has 0 spiro atoms. The van der Waals surface area contributed by atoms with Gasteiger partial charge in [0.15, 0.2) is 4.30 Å². The highest BCUT2D eigenvalue weighted by Gasteiger charge is 2.04. The van der Waals surface area contributed by atoms with Crippen molar-refractivity contribution in [2.75, 3.05) is 19.8 Å². The van der Waals surface area contributed by atoms with E-state index in [0.29, 0.717) is 45.6 Å². The van der Waals surface area contributed by atoms with Crippen LogP contribution < -0.4 is 0 Å². The molecular weight excluding hydrogens is 1100 g/mol. The summed E-state index contributed by atoms with van der Waals surface area (Å²) in [4.78, 5) is 42.8. The van der Waals surface area contributed by atoms with Gasteiger partial charge in [-0.05, 0) is 101 Å². The Hall–Kier alpha value is -1.32. The molecule has 0 radical (unpaired) electrons. The number of carbonyl (C=O) groups excluding carboxylic acids is 3. The molecule has 0 bridgehead atoms. The van der Waals surface area contributed by atoms with E-state index in [2.05, 4.69) is 38.2 Å². The van der Waals surface area contributed by atoms with Crippen LogP contribution in [0.5, 0.6) is 0 Å². The summed E-state index contributed by atoms with van der Waals surface area (Å²) in [5, 5.41) is 16.9. The first-order valence-electron chi connectivity index (χ1n) is 34.0. The second-order valence-corrected chi connectivity index (χ2v) is 24.9. The van der Waals surface area contributed by atoms with Crippen molar-refractivity contribution >= 4 is 70.1 Å². The van der Waals surface area contributed by atoms with Crippen LogP contribution in [0.1, 0.15) is 367 Å². The van der Waals surface area contributed by atoms with E-state index in [9.17, 15) is 19.2 Å². The van der Waals surface area contributed by atoms with Gasteiger partial charge in [0.05, 0.1) is 13.2 Å². The number of hydrogen-bond acceptors (Lipinski definition) is 7. The summed E-state index contributed by atoms with van der Waals surface area (Å²) in [6.45, 7) is 6.59. The summed E-state index contributed by atoms with van der Waals surface area (Å²) in [6.07, 6.45) is 76.1. The first-order valence-corrected chi connectivity index (χ1v) is 35.7. The van der Waals surface area contributed by atoms with Gasteiger partial charge in [0.1, 0.15) is 0 Å². The highest BCUT2D eigenvalue weighted by Crippen LogP contribution is 2.17. The number of esters is 1. The summed E-state index contributed by atoms with van der Waals surface area (Å²) in [7, 11) is 0. The van der Waals surface area contributed by atoms with Crippen molar-refractivity contribution < 1.29 is 38.9 Å². The van der Waals surface area contributed by atoms with Crippen LogP contribution in [0.2, 0.25) is 0 Å². The molecule has 0 aromatic rings. The van der Waals surface area contributed by atoms with E-state index in [1.807, 2.05) is 0 Å². The van der Waals surface area contributed by atoms with Crippen LogP contribution in [-0.4, -0.2) is 58.0 Å². The third-order valence-electron chi connectivity index (χ3n) is 14.6. The Labute approximate surface area is 521 Å². The maximum Gasteiger partial charge on any atom is 0.305 e. The summed E-state index contributed by atoms with van der Waals surface area (Å²) >= 11 is 19.7. The van der Waals surface area contributed by atoms with Crippen molar-refractivity contribution in [1.82, 2.24) is 0 Å². The molecule has 0 amide bonds. The molecule has 0 fully saturated rings. The van der Waals surface area contributed by atoms with Crippen LogP contribution in [0, 0.1) is 0 Å². The minimum Gasteiger partial charge on any atom is -0.481 e. The van der Waals surface area contributed by atoms with Gasteiger partial charge in [-0.2, -0.15) is 0 Å². The first-order chi connectivity index (χ1) is 39.6. The molecule has 0 aromatic carbocycles. The number of hydrogen-bond donors (Lipinski definition) is 2. The molecular formula is C69H130Cl4O8. The van der Waals surface area contributed by atoms with E-state index in [1.165, 1.54) is 276 Å². The van der Waals surface area contributed by atoms with E-state index >= 15 is 0 Å². The zero-order chi connectivity index (χ0) is 60.3. The number of carboxylic acid groups (broad SMARTS) is 1. The summed E-state index contributed by atoms with van der Waals surface area (Å²) in [5.41, 5.74) is 0. The Morgan fingerprint density at radius 1 is 0.370 bits per heavy atom. The molecule has 0 unspecified atom stereocenters. The number of carbonyl (C=O) groups is 4. The minimum absolute atomic E-state index is 0.00285. The van der Waals surface area contributed by atoms with Gasteiger partial charge in [0, 0.05) is 25.9 Å². The lowest BCUT2D eigenvalue weighted by atomic mass is 10.0. The van der Waals surface area contributed by atoms with Crippen LogP contribution >= 0.6 is 46.4 Å². The number of aliphatic carboxylic acids is 1. The molecule has 0 atom stereocenters. The van der Waals surface area contributed by atoms with Gasteiger partial charge in [-0.25, -0.2) is 0 Å². The highest BCUT2D eigenvalue weighted by atomic mass is 35.6. The van der Waals surface area contributed by atoms with Crippen molar-refractivity contribution in [2.45, 2.75) is 371 Å². The molecule has 0 aliphatic carbocycles. The Morgan fingerprint density at radius 3 is 0.926 bits per heavy atom. The number of alkyl halides is 3. The topological polar surface area (TPSA) is 127 Å². The molecule has 0 aliphatic rings. The average molecular weight is 1230 g/mol. The normalized spacial score (nSPS) is 11.1. The van der Waals surface area contributed by atoms with Crippen LogP contribution in [0.4, 0.5) is 0 Å². The summed E-state index contributed by atoms with van der Waals surface area (Å²) in [6, 6.07) is 0. The van der Waals surface area contributed by atoms with E-state index in [0.717, 1.165) is 57.8 Å². The second-order valence-electron chi connectivity index (χ2n) is 22.5. The van der Waals surface area contributed by atoms with E-state index in [4.69, 9.17) is 66.1 Å². The fourth-order valence-electron chi connectivity index (χ4n) is 9.55. The molecule has 0 aliphatic heterocycles. The van der Waals surface area contributed by atoms with Crippen LogP contribution in [0.3, 0.4) is 0 Å². The quantitative estimate of drug-likeness (QED) is 0.0154. The predicted octanol–water partition coefficient (Wildman–Crippen LogP) is 24.1. The maximum absolute atomic E-state index is 11.9. The smallest absolute Gasteiger partial charge is 0.305 e. The number of carboxylic acids is 1. The van der Waals surface area contributed by atoms with Crippen molar-refractivity contribution in [3.63, 3.8) is 0 Å². The first kappa shape index (κ1) is 86.1. The number of halogens is 4. The molecule has 0 aromatic heterocycles. The predicted molar refractivity (Wildman–Crippen MR) is 353 cm³/mol. The number of allylic oxidation sites excluding steroid dienone is 4. The number of unbranched alkanes of at least 4 members (excludes halogenated alkanes) is 46. The lowest BCUT2D eigenvalue weighted by Gasteiger charge is -2.05. The molecule has 12 heteroatoms. The zero-order valence-corrected chi connectivity index (χ0v) is 55.9. The van der Waals surface area contributed by atoms with E-state index in [-0.39, 0.29) is 11.2 Å². The Bertz CT molecular complexity index is 1270. The second kappa shape index (κ2) is 82.9. The largest absolute Gasteiger partial charge is 0.481 e.